The average Bonchev–Trinajstić information content (AvgIpc) is 2.30. The van der Waals surface area contributed by atoms with E-state index in [-0.39, 0.29) is 0 Å². The van der Waals surface area contributed by atoms with Crippen LogP contribution in [0, 0.1) is 0 Å². The third-order valence-corrected chi connectivity index (χ3v) is 5.14. The van der Waals surface area contributed by atoms with Crippen LogP contribution >= 0.6 is 0 Å². The second kappa shape index (κ2) is 4.88. The van der Waals surface area contributed by atoms with Crippen molar-refractivity contribution in [2.24, 2.45) is 0 Å². The first-order chi connectivity index (χ1) is 8.05. The number of rotatable bonds is 3. The summed E-state index contributed by atoms with van der Waals surface area (Å²) in [4.78, 5) is 0. The molecule has 2 rings (SSSR count). The van der Waals surface area contributed by atoms with Gasteiger partial charge in [-0.15, -0.1) is 0 Å². The molecule has 1 heteroatoms. The molecular formula is C16H20Si. The molecule has 0 fully saturated rings. The standard InChI is InChI=1S/C16H20Si/c1-17(2,3)16-11-9-15(10-12-16)13-14-7-5-4-6-8-14/h4-12H,13H2,1-3H3. The highest BCUT2D eigenvalue weighted by atomic mass is 28.3. The van der Waals surface area contributed by atoms with Gasteiger partial charge in [-0.1, -0.05) is 79.4 Å². The van der Waals surface area contributed by atoms with Crippen LogP contribution in [0.2, 0.25) is 19.6 Å². The van der Waals surface area contributed by atoms with E-state index in [0.717, 1.165) is 6.42 Å². The first-order valence-electron chi connectivity index (χ1n) is 6.19. The Balaban J connectivity index is 2.14. The molecule has 0 spiro atoms. The lowest BCUT2D eigenvalue weighted by atomic mass is 10.1. The van der Waals surface area contributed by atoms with Crippen LogP contribution < -0.4 is 5.19 Å². The topological polar surface area (TPSA) is 0 Å². The van der Waals surface area contributed by atoms with Crippen molar-refractivity contribution in [2.75, 3.05) is 0 Å². The predicted octanol–water partition coefficient (Wildman–Crippen LogP) is 3.82. The molecule has 2 aromatic carbocycles. The van der Waals surface area contributed by atoms with Crippen molar-refractivity contribution >= 4 is 13.3 Å². The SMILES string of the molecule is C[Si](C)(C)c1ccc(Cc2ccccc2)cc1. The Hall–Kier alpha value is -1.34. The molecule has 0 atom stereocenters. The molecule has 88 valence electrons. The molecule has 0 aliphatic heterocycles. The van der Waals surface area contributed by atoms with Gasteiger partial charge in [0.05, 0.1) is 8.07 Å². The molecule has 0 bridgehead atoms. The monoisotopic (exact) mass is 240 g/mol. The van der Waals surface area contributed by atoms with Gasteiger partial charge in [0.1, 0.15) is 0 Å². The maximum Gasteiger partial charge on any atom is 0.0775 e. The van der Waals surface area contributed by atoms with Crippen LogP contribution in [0.15, 0.2) is 54.6 Å². The first kappa shape index (κ1) is 12.1. The third kappa shape index (κ3) is 3.30. The Kier molecular flexibility index (Phi) is 3.48. The summed E-state index contributed by atoms with van der Waals surface area (Å²) >= 11 is 0. The Bertz CT molecular complexity index is 463. The molecule has 0 unspecified atom stereocenters. The minimum atomic E-state index is -1.15. The van der Waals surface area contributed by atoms with Crippen molar-refractivity contribution in [3.63, 3.8) is 0 Å². The fourth-order valence-corrected chi connectivity index (χ4v) is 3.12. The summed E-state index contributed by atoms with van der Waals surface area (Å²) in [5.74, 6) is 0. The molecular weight excluding hydrogens is 220 g/mol. The molecule has 0 saturated carbocycles. The van der Waals surface area contributed by atoms with Crippen LogP contribution in [0.5, 0.6) is 0 Å². The highest BCUT2D eigenvalue weighted by molar-refractivity contribution is 6.88. The summed E-state index contributed by atoms with van der Waals surface area (Å²) in [6, 6.07) is 19.8. The van der Waals surface area contributed by atoms with Crippen LogP contribution in [-0.2, 0) is 6.42 Å². The molecule has 0 saturated heterocycles. The molecule has 17 heavy (non-hydrogen) atoms. The molecule has 0 aliphatic carbocycles. The Morgan fingerprint density at radius 3 is 1.76 bits per heavy atom. The quantitative estimate of drug-likeness (QED) is 0.715. The third-order valence-electron chi connectivity index (χ3n) is 3.07. The minimum Gasteiger partial charge on any atom is -0.0656 e. The van der Waals surface area contributed by atoms with Gasteiger partial charge < -0.3 is 0 Å². The molecule has 0 heterocycles. The maximum absolute atomic E-state index is 2.39. The van der Waals surface area contributed by atoms with Crippen LogP contribution in [-0.4, -0.2) is 8.07 Å². The molecule has 0 aromatic heterocycles. The van der Waals surface area contributed by atoms with Crippen LogP contribution in [0.4, 0.5) is 0 Å². The van der Waals surface area contributed by atoms with Crippen molar-refractivity contribution in [3.05, 3.63) is 65.7 Å². The first-order valence-corrected chi connectivity index (χ1v) is 9.69. The normalized spacial score (nSPS) is 11.5. The predicted molar refractivity (Wildman–Crippen MR) is 78.7 cm³/mol. The second-order valence-electron chi connectivity index (χ2n) is 5.61. The van der Waals surface area contributed by atoms with Crippen molar-refractivity contribution < 1.29 is 0 Å². The molecule has 0 radical (unpaired) electrons. The van der Waals surface area contributed by atoms with E-state index in [2.05, 4.69) is 74.2 Å². The zero-order valence-electron chi connectivity index (χ0n) is 10.9. The summed E-state index contributed by atoms with van der Waals surface area (Å²) in [6.45, 7) is 7.16. The lowest BCUT2D eigenvalue weighted by Crippen LogP contribution is -2.37. The molecule has 0 amide bonds. The highest BCUT2D eigenvalue weighted by Crippen LogP contribution is 2.09. The average molecular weight is 240 g/mol. The highest BCUT2D eigenvalue weighted by Gasteiger charge is 2.15. The fourth-order valence-electron chi connectivity index (χ4n) is 1.95. The summed E-state index contributed by atoms with van der Waals surface area (Å²) in [7, 11) is -1.15. The van der Waals surface area contributed by atoms with E-state index in [0.29, 0.717) is 0 Å². The second-order valence-corrected chi connectivity index (χ2v) is 10.7. The number of benzene rings is 2. The number of hydrogen-bond acceptors (Lipinski definition) is 0. The van der Waals surface area contributed by atoms with Crippen molar-refractivity contribution in [3.8, 4) is 0 Å². The van der Waals surface area contributed by atoms with Gasteiger partial charge in [-0.25, -0.2) is 0 Å². The van der Waals surface area contributed by atoms with Gasteiger partial charge in [-0.2, -0.15) is 0 Å². The molecule has 0 N–H and O–H groups in total. The van der Waals surface area contributed by atoms with E-state index in [9.17, 15) is 0 Å². The van der Waals surface area contributed by atoms with Gasteiger partial charge >= 0.3 is 0 Å². The van der Waals surface area contributed by atoms with E-state index in [1.165, 1.54) is 16.3 Å². The van der Waals surface area contributed by atoms with E-state index >= 15 is 0 Å². The Labute approximate surface area is 105 Å². The van der Waals surface area contributed by atoms with Crippen LogP contribution in [0.1, 0.15) is 11.1 Å². The van der Waals surface area contributed by atoms with Gasteiger partial charge in [-0.3, -0.25) is 0 Å². The van der Waals surface area contributed by atoms with Gasteiger partial charge in [-0.05, 0) is 17.5 Å². The minimum absolute atomic E-state index is 1.03. The Morgan fingerprint density at radius 2 is 1.24 bits per heavy atom. The summed E-state index contributed by atoms with van der Waals surface area (Å²) in [5.41, 5.74) is 2.78. The smallest absolute Gasteiger partial charge is 0.0656 e. The maximum atomic E-state index is 2.39. The summed E-state index contributed by atoms with van der Waals surface area (Å²) in [6.07, 6.45) is 1.03. The van der Waals surface area contributed by atoms with Gasteiger partial charge in [0.25, 0.3) is 0 Å². The Morgan fingerprint density at radius 1 is 0.706 bits per heavy atom. The van der Waals surface area contributed by atoms with Gasteiger partial charge in [0.2, 0.25) is 0 Å². The summed E-state index contributed by atoms with van der Waals surface area (Å²) in [5, 5.41) is 1.54. The van der Waals surface area contributed by atoms with Gasteiger partial charge in [0, 0.05) is 0 Å². The zero-order valence-corrected chi connectivity index (χ0v) is 11.9. The van der Waals surface area contributed by atoms with Gasteiger partial charge in [0.15, 0.2) is 0 Å². The van der Waals surface area contributed by atoms with E-state index in [1.54, 1.807) is 0 Å². The van der Waals surface area contributed by atoms with Crippen LogP contribution in [0.25, 0.3) is 0 Å². The van der Waals surface area contributed by atoms with Crippen molar-refractivity contribution in [1.82, 2.24) is 0 Å². The number of hydrogen-bond donors (Lipinski definition) is 0. The van der Waals surface area contributed by atoms with E-state index < -0.39 is 8.07 Å². The summed E-state index contributed by atoms with van der Waals surface area (Å²) < 4.78 is 0. The zero-order chi connectivity index (χ0) is 12.3. The van der Waals surface area contributed by atoms with E-state index in [4.69, 9.17) is 0 Å². The molecule has 0 aliphatic rings. The van der Waals surface area contributed by atoms with Crippen molar-refractivity contribution in [2.45, 2.75) is 26.1 Å². The fraction of sp³-hybridized carbons (Fsp3) is 0.250. The van der Waals surface area contributed by atoms with Crippen LogP contribution in [0.3, 0.4) is 0 Å². The van der Waals surface area contributed by atoms with Crippen molar-refractivity contribution in [1.29, 1.82) is 0 Å². The largest absolute Gasteiger partial charge is 0.0775 e. The molecule has 0 nitrogen and oxygen atoms in total. The lowest BCUT2D eigenvalue weighted by molar-refractivity contribution is 1.20. The van der Waals surface area contributed by atoms with E-state index in [1.807, 2.05) is 0 Å². The molecule has 2 aromatic rings. The lowest BCUT2D eigenvalue weighted by Gasteiger charge is -2.16.